The lowest BCUT2D eigenvalue weighted by Gasteiger charge is -2.41. The fourth-order valence-electron chi connectivity index (χ4n) is 5.03. The van der Waals surface area contributed by atoms with E-state index < -0.39 is 8.32 Å². The Morgan fingerprint density at radius 2 is 1.73 bits per heavy atom. The number of rotatable bonds is 10. The van der Waals surface area contributed by atoms with E-state index in [9.17, 15) is 4.79 Å². The molecule has 2 aromatic carbocycles. The van der Waals surface area contributed by atoms with E-state index in [1.807, 2.05) is 24.3 Å². The van der Waals surface area contributed by atoms with Crippen LogP contribution in [0.4, 0.5) is 0 Å². The van der Waals surface area contributed by atoms with Gasteiger partial charge >= 0.3 is 0 Å². The molecule has 40 heavy (non-hydrogen) atoms. The molecule has 1 fully saturated rings. The monoisotopic (exact) mass is 559 g/mol. The number of hydrogen-bond donors (Lipinski definition) is 1. The van der Waals surface area contributed by atoms with Gasteiger partial charge in [-0.25, -0.2) is 4.98 Å². The smallest absolute Gasteiger partial charge is 0.253 e. The van der Waals surface area contributed by atoms with Gasteiger partial charge in [0, 0.05) is 30.8 Å². The zero-order valence-corrected chi connectivity index (χ0v) is 26.1. The molecule has 7 heteroatoms. The SMILES string of the molecule is COc1cccc(CN(C)C(=O)c2ccc(C[C@@H]3CC[C@H]([C@H](O[Si](C)(C)C(C)(C)C)c4ccccc4)N3)cc2)n1. The number of ether oxygens (including phenoxy) is 1. The van der Waals surface area contributed by atoms with Gasteiger partial charge in [-0.15, -0.1) is 0 Å². The van der Waals surface area contributed by atoms with Gasteiger partial charge in [0.05, 0.1) is 25.5 Å². The van der Waals surface area contributed by atoms with Crippen molar-refractivity contribution in [2.24, 2.45) is 0 Å². The largest absolute Gasteiger partial charge is 0.481 e. The van der Waals surface area contributed by atoms with Gasteiger partial charge in [0.25, 0.3) is 5.91 Å². The van der Waals surface area contributed by atoms with Crippen molar-refractivity contribution >= 4 is 14.2 Å². The van der Waals surface area contributed by atoms with Crippen molar-refractivity contribution in [3.63, 3.8) is 0 Å². The molecule has 0 bridgehead atoms. The summed E-state index contributed by atoms with van der Waals surface area (Å²) in [7, 11) is 1.44. The molecule has 4 rings (SSSR count). The highest BCUT2D eigenvalue weighted by atomic mass is 28.4. The molecule has 6 nitrogen and oxygen atoms in total. The highest BCUT2D eigenvalue weighted by molar-refractivity contribution is 6.74. The molecule has 0 unspecified atom stereocenters. The summed E-state index contributed by atoms with van der Waals surface area (Å²) in [6, 6.07) is 25.0. The van der Waals surface area contributed by atoms with E-state index in [2.05, 4.69) is 86.6 Å². The minimum absolute atomic E-state index is 0.0243. The van der Waals surface area contributed by atoms with Crippen molar-refractivity contribution < 1.29 is 14.0 Å². The number of hydrogen-bond acceptors (Lipinski definition) is 5. The van der Waals surface area contributed by atoms with E-state index in [0.717, 1.165) is 25.0 Å². The minimum Gasteiger partial charge on any atom is -0.481 e. The lowest BCUT2D eigenvalue weighted by molar-refractivity contribution is 0.0783. The van der Waals surface area contributed by atoms with Gasteiger partial charge in [-0.05, 0) is 66.7 Å². The van der Waals surface area contributed by atoms with Crippen LogP contribution < -0.4 is 10.1 Å². The zero-order chi connectivity index (χ0) is 28.9. The maximum absolute atomic E-state index is 13.0. The molecule has 3 aromatic rings. The van der Waals surface area contributed by atoms with Crippen LogP contribution >= 0.6 is 0 Å². The molecule has 1 aromatic heterocycles. The number of carbonyl (C=O) groups excluding carboxylic acids is 1. The maximum atomic E-state index is 13.0. The van der Waals surface area contributed by atoms with E-state index in [1.54, 1.807) is 25.1 Å². The standard InChI is InChI=1S/C33H45N3O3Si/c1-33(2,3)40(6,7)39-31(25-12-9-8-10-13-25)29-21-20-27(34-29)22-24-16-18-26(19-17-24)32(37)36(4)23-28-14-11-15-30(35-28)38-5/h8-19,27,29,31,34H,20-23H2,1-7H3/t27-,29+,31+/m0/s1. The number of amides is 1. The number of pyridine rings is 1. The van der Waals surface area contributed by atoms with Crippen LogP contribution in [0, 0.1) is 0 Å². The fraction of sp³-hybridized carbons (Fsp3) is 0.455. The summed E-state index contributed by atoms with van der Waals surface area (Å²) in [4.78, 5) is 19.1. The average molecular weight is 560 g/mol. The van der Waals surface area contributed by atoms with Gasteiger partial charge in [-0.3, -0.25) is 4.79 Å². The summed E-state index contributed by atoms with van der Waals surface area (Å²) in [5, 5.41) is 4.06. The molecular weight excluding hydrogens is 514 g/mol. The molecule has 0 saturated carbocycles. The third-order valence-electron chi connectivity index (χ3n) is 8.42. The molecular formula is C33H45N3O3Si. The Hall–Kier alpha value is -3.00. The van der Waals surface area contributed by atoms with Crippen molar-refractivity contribution in [3.05, 3.63) is 95.2 Å². The molecule has 1 aliphatic rings. The molecule has 214 valence electrons. The van der Waals surface area contributed by atoms with Crippen molar-refractivity contribution in [2.45, 2.75) is 82.9 Å². The lowest BCUT2D eigenvalue weighted by Crippen LogP contribution is -2.46. The molecule has 3 atom stereocenters. The quantitative estimate of drug-likeness (QED) is 0.277. The Bertz CT molecular complexity index is 1260. The van der Waals surface area contributed by atoms with Crippen molar-refractivity contribution in [3.8, 4) is 5.88 Å². The number of aromatic nitrogens is 1. The number of nitrogens with one attached hydrogen (secondary N) is 1. The van der Waals surface area contributed by atoms with Crippen LogP contribution in [0.5, 0.6) is 5.88 Å². The first-order chi connectivity index (χ1) is 19.0. The highest BCUT2D eigenvalue weighted by Crippen LogP contribution is 2.42. The first kappa shape index (κ1) is 30.0. The van der Waals surface area contributed by atoms with Crippen LogP contribution in [0.25, 0.3) is 0 Å². The molecule has 0 radical (unpaired) electrons. The molecule has 1 amide bonds. The second-order valence-corrected chi connectivity index (χ2v) is 17.2. The summed E-state index contributed by atoms with van der Waals surface area (Å²) in [6.45, 7) is 12.0. The molecule has 2 heterocycles. The Morgan fingerprint density at radius 3 is 2.38 bits per heavy atom. The van der Waals surface area contributed by atoms with Gasteiger partial charge in [0.15, 0.2) is 8.32 Å². The van der Waals surface area contributed by atoms with Gasteiger partial charge < -0.3 is 19.4 Å². The van der Waals surface area contributed by atoms with Gasteiger partial charge in [0.1, 0.15) is 0 Å². The molecule has 1 saturated heterocycles. The summed E-state index contributed by atoms with van der Waals surface area (Å²) in [6.07, 6.45) is 3.15. The lowest BCUT2D eigenvalue weighted by atomic mass is 10.0. The van der Waals surface area contributed by atoms with Gasteiger partial charge in [-0.1, -0.05) is 69.3 Å². The second kappa shape index (κ2) is 12.7. The first-order valence-corrected chi connectivity index (χ1v) is 17.2. The van der Waals surface area contributed by atoms with Crippen molar-refractivity contribution in [1.29, 1.82) is 0 Å². The Labute approximate surface area is 241 Å². The fourth-order valence-corrected chi connectivity index (χ4v) is 6.32. The molecule has 1 aliphatic heterocycles. The average Bonchev–Trinajstić information content (AvgIpc) is 3.39. The second-order valence-electron chi connectivity index (χ2n) is 12.5. The molecule has 1 N–H and O–H groups in total. The Morgan fingerprint density at radius 1 is 1.02 bits per heavy atom. The van der Waals surface area contributed by atoms with Gasteiger partial charge in [-0.2, -0.15) is 0 Å². The van der Waals surface area contributed by atoms with E-state index >= 15 is 0 Å². The zero-order valence-electron chi connectivity index (χ0n) is 25.1. The van der Waals surface area contributed by atoms with Crippen LogP contribution in [0.15, 0.2) is 72.8 Å². The summed E-state index contributed by atoms with van der Waals surface area (Å²) in [5.41, 5.74) is 3.95. The Balaban J connectivity index is 1.38. The van der Waals surface area contributed by atoms with Crippen LogP contribution in [-0.2, 0) is 17.4 Å². The maximum Gasteiger partial charge on any atom is 0.253 e. The first-order valence-electron chi connectivity index (χ1n) is 14.3. The van der Waals surface area contributed by atoms with Crippen molar-refractivity contribution in [1.82, 2.24) is 15.2 Å². The summed E-state index contributed by atoms with van der Waals surface area (Å²) < 4.78 is 12.2. The summed E-state index contributed by atoms with van der Waals surface area (Å²) in [5.74, 6) is 0.524. The van der Waals surface area contributed by atoms with Gasteiger partial charge in [0.2, 0.25) is 5.88 Å². The predicted octanol–water partition coefficient (Wildman–Crippen LogP) is 6.79. The normalized spacial score (nSPS) is 18.4. The van der Waals surface area contributed by atoms with E-state index in [0.29, 0.717) is 24.0 Å². The number of nitrogens with zero attached hydrogens (tertiary/aromatic N) is 2. The van der Waals surface area contributed by atoms with E-state index in [-0.39, 0.29) is 23.1 Å². The van der Waals surface area contributed by atoms with Crippen molar-refractivity contribution in [2.75, 3.05) is 14.2 Å². The number of benzene rings is 2. The number of methoxy groups -OCH3 is 1. The molecule has 0 spiro atoms. The Kier molecular flexibility index (Phi) is 9.49. The topological polar surface area (TPSA) is 63.7 Å². The van der Waals surface area contributed by atoms with Crippen LogP contribution in [0.2, 0.25) is 18.1 Å². The number of carbonyl (C=O) groups is 1. The predicted molar refractivity (Wildman–Crippen MR) is 164 cm³/mol. The third kappa shape index (κ3) is 7.39. The van der Waals surface area contributed by atoms with Crippen LogP contribution in [-0.4, -0.2) is 50.3 Å². The van der Waals surface area contributed by atoms with Crippen LogP contribution in [0.3, 0.4) is 0 Å². The highest BCUT2D eigenvalue weighted by Gasteiger charge is 2.42. The van der Waals surface area contributed by atoms with E-state index in [4.69, 9.17) is 9.16 Å². The third-order valence-corrected chi connectivity index (χ3v) is 12.9. The summed E-state index contributed by atoms with van der Waals surface area (Å²) >= 11 is 0. The van der Waals surface area contributed by atoms with E-state index in [1.165, 1.54) is 11.1 Å². The molecule has 0 aliphatic carbocycles. The minimum atomic E-state index is -1.96. The van der Waals surface area contributed by atoms with Crippen LogP contribution in [0.1, 0.15) is 66.9 Å².